The number of nitrogens with one attached hydrogen (secondary N) is 1. The second-order valence-electron chi connectivity index (χ2n) is 5.41. The summed E-state index contributed by atoms with van der Waals surface area (Å²) in [5, 5.41) is 15.2. The van der Waals surface area contributed by atoms with Crippen LogP contribution in [0.1, 0.15) is 25.7 Å². The van der Waals surface area contributed by atoms with Crippen LogP contribution in [0.2, 0.25) is 0 Å². The lowest BCUT2D eigenvalue weighted by molar-refractivity contribution is 0.338. The van der Waals surface area contributed by atoms with Crippen LogP contribution in [0.5, 0.6) is 0 Å². The summed E-state index contributed by atoms with van der Waals surface area (Å²) in [4.78, 5) is 0. The maximum absolute atomic E-state index is 5.93. The monoisotopic (exact) mass is 272 g/mol. The Kier molecular flexibility index (Phi) is 3.92. The van der Waals surface area contributed by atoms with Crippen molar-refractivity contribution in [2.75, 3.05) is 11.9 Å². The fourth-order valence-corrected chi connectivity index (χ4v) is 2.67. The maximum Gasteiger partial charge on any atom is 0.247 e. The Hall–Kier alpha value is -1.95. The van der Waals surface area contributed by atoms with Crippen LogP contribution in [0.3, 0.4) is 0 Å². The molecule has 6 heteroatoms. The van der Waals surface area contributed by atoms with E-state index >= 15 is 0 Å². The molecule has 2 aromatic rings. The first kappa shape index (κ1) is 13.1. The second-order valence-corrected chi connectivity index (χ2v) is 5.41. The van der Waals surface area contributed by atoms with Gasteiger partial charge in [-0.2, -0.15) is 4.68 Å². The highest BCUT2D eigenvalue weighted by atomic mass is 15.6. The number of nitrogens with zero attached hydrogens (tertiary/aromatic N) is 4. The minimum absolute atomic E-state index is 0.390. The zero-order valence-corrected chi connectivity index (χ0v) is 11.4. The molecule has 0 bridgehead atoms. The number of benzene rings is 1. The molecule has 1 aliphatic rings. The average molecular weight is 272 g/mol. The zero-order chi connectivity index (χ0) is 13.8. The fourth-order valence-electron chi connectivity index (χ4n) is 2.67. The van der Waals surface area contributed by atoms with E-state index in [2.05, 4.69) is 20.8 Å². The molecule has 1 heterocycles. The van der Waals surface area contributed by atoms with Gasteiger partial charge in [-0.05, 0) is 54.2 Å². The number of para-hydroxylation sites is 1. The molecule has 6 nitrogen and oxygen atoms in total. The van der Waals surface area contributed by atoms with Crippen molar-refractivity contribution in [3.8, 4) is 5.69 Å². The van der Waals surface area contributed by atoms with Crippen molar-refractivity contribution in [2.45, 2.75) is 31.7 Å². The third-order valence-electron chi connectivity index (χ3n) is 3.91. The topological polar surface area (TPSA) is 81.7 Å². The Morgan fingerprint density at radius 3 is 2.65 bits per heavy atom. The van der Waals surface area contributed by atoms with Gasteiger partial charge in [0.2, 0.25) is 5.95 Å². The summed E-state index contributed by atoms with van der Waals surface area (Å²) < 4.78 is 1.73. The molecule has 3 N–H and O–H groups in total. The predicted molar refractivity (Wildman–Crippen MR) is 77.6 cm³/mol. The first-order valence-electron chi connectivity index (χ1n) is 7.16. The lowest BCUT2D eigenvalue weighted by Gasteiger charge is -2.26. The molecule has 3 rings (SSSR count). The molecule has 106 valence electrons. The SMILES string of the molecule is NC1CCC(CNc2nnnn2-c2ccccc2)CC1. The summed E-state index contributed by atoms with van der Waals surface area (Å²) in [6.07, 6.45) is 4.61. The highest BCUT2D eigenvalue weighted by Crippen LogP contribution is 2.23. The van der Waals surface area contributed by atoms with Crippen LogP contribution < -0.4 is 11.1 Å². The highest BCUT2D eigenvalue weighted by Gasteiger charge is 2.19. The van der Waals surface area contributed by atoms with Crippen LogP contribution in [0, 0.1) is 5.92 Å². The molecule has 1 aromatic carbocycles. The molecule has 0 atom stereocenters. The molecule has 0 radical (unpaired) electrons. The van der Waals surface area contributed by atoms with Gasteiger partial charge in [0.15, 0.2) is 0 Å². The highest BCUT2D eigenvalue weighted by molar-refractivity contribution is 5.38. The van der Waals surface area contributed by atoms with Crippen LogP contribution in [-0.4, -0.2) is 32.8 Å². The Balaban J connectivity index is 1.63. The van der Waals surface area contributed by atoms with Gasteiger partial charge in [0, 0.05) is 12.6 Å². The van der Waals surface area contributed by atoms with Gasteiger partial charge in [0.1, 0.15) is 0 Å². The molecule has 0 spiro atoms. The quantitative estimate of drug-likeness (QED) is 0.883. The number of hydrogen-bond donors (Lipinski definition) is 2. The number of nitrogens with two attached hydrogens (primary N) is 1. The van der Waals surface area contributed by atoms with Crippen molar-refractivity contribution in [3.05, 3.63) is 30.3 Å². The molecule has 1 fully saturated rings. The Morgan fingerprint density at radius 2 is 1.90 bits per heavy atom. The van der Waals surface area contributed by atoms with Crippen molar-refractivity contribution >= 4 is 5.95 Å². The Labute approximate surface area is 118 Å². The van der Waals surface area contributed by atoms with Gasteiger partial charge in [-0.3, -0.25) is 0 Å². The van der Waals surface area contributed by atoms with Crippen LogP contribution in [0.25, 0.3) is 5.69 Å². The van der Waals surface area contributed by atoms with Gasteiger partial charge in [-0.25, -0.2) is 0 Å². The van der Waals surface area contributed by atoms with Gasteiger partial charge in [0.05, 0.1) is 5.69 Å². The van der Waals surface area contributed by atoms with Crippen molar-refractivity contribution in [3.63, 3.8) is 0 Å². The molecule has 1 aliphatic carbocycles. The van der Waals surface area contributed by atoms with Crippen LogP contribution in [0.15, 0.2) is 30.3 Å². The van der Waals surface area contributed by atoms with E-state index in [0.29, 0.717) is 17.9 Å². The smallest absolute Gasteiger partial charge is 0.247 e. The molecule has 0 amide bonds. The summed E-state index contributed by atoms with van der Waals surface area (Å²) in [6, 6.07) is 10.3. The van der Waals surface area contributed by atoms with Crippen molar-refractivity contribution in [2.24, 2.45) is 11.7 Å². The molecule has 1 saturated carbocycles. The van der Waals surface area contributed by atoms with Gasteiger partial charge in [-0.15, -0.1) is 0 Å². The molecular formula is C14H20N6. The van der Waals surface area contributed by atoms with E-state index in [1.807, 2.05) is 30.3 Å². The molecule has 20 heavy (non-hydrogen) atoms. The number of rotatable bonds is 4. The fraction of sp³-hybridized carbons (Fsp3) is 0.500. The molecule has 1 aromatic heterocycles. The predicted octanol–water partition coefficient (Wildman–Crippen LogP) is 1.59. The summed E-state index contributed by atoms with van der Waals surface area (Å²) in [5.74, 6) is 1.36. The molecular weight excluding hydrogens is 252 g/mol. The van der Waals surface area contributed by atoms with E-state index in [1.165, 1.54) is 12.8 Å². The number of hydrogen-bond acceptors (Lipinski definition) is 5. The Morgan fingerprint density at radius 1 is 1.15 bits per heavy atom. The lowest BCUT2D eigenvalue weighted by atomic mass is 9.86. The van der Waals surface area contributed by atoms with Crippen molar-refractivity contribution < 1.29 is 0 Å². The van der Waals surface area contributed by atoms with Crippen LogP contribution >= 0.6 is 0 Å². The van der Waals surface area contributed by atoms with E-state index in [1.54, 1.807) is 4.68 Å². The van der Waals surface area contributed by atoms with Crippen LogP contribution in [-0.2, 0) is 0 Å². The third-order valence-corrected chi connectivity index (χ3v) is 3.91. The standard InChI is InChI=1S/C14H20N6/c15-12-8-6-11(7-9-12)10-16-14-17-18-19-20(14)13-4-2-1-3-5-13/h1-5,11-12H,6-10,15H2,(H,16,17,19). The molecule has 0 unspecified atom stereocenters. The maximum atomic E-state index is 5.93. The molecule has 0 saturated heterocycles. The molecule has 0 aliphatic heterocycles. The van der Waals surface area contributed by atoms with Crippen molar-refractivity contribution in [1.82, 2.24) is 20.2 Å². The van der Waals surface area contributed by atoms with E-state index in [4.69, 9.17) is 5.73 Å². The lowest BCUT2D eigenvalue weighted by Crippen LogP contribution is -2.29. The number of aromatic nitrogens is 4. The second kappa shape index (κ2) is 6.00. The largest absolute Gasteiger partial charge is 0.352 e. The first-order valence-corrected chi connectivity index (χ1v) is 7.16. The van der Waals surface area contributed by atoms with Gasteiger partial charge in [0.25, 0.3) is 0 Å². The minimum Gasteiger partial charge on any atom is -0.352 e. The summed E-state index contributed by atoms with van der Waals surface area (Å²) in [7, 11) is 0. The van der Waals surface area contributed by atoms with Crippen LogP contribution in [0.4, 0.5) is 5.95 Å². The van der Waals surface area contributed by atoms with E-state index in [-0.39, 0.29) is 0 Å². The van der Waals surface area contributed by atoms with Gasteiger partial charge >= 0.3 is 0 Å². The number of tetrazole rings is 1. The van der Waals surface area contributed by atoms with Gasteiger partial charge < -0.3 is 11.1 Å². The van der Waals surface area contributed by atoms with E-state index < -0.39 is 0 Å². The number of anilines is 1. The summed E-state index contributed by atoms with van der Waals surface area (Å²) in [5.41, 5.74) is 6.89. The van der Waals surface area contributed by atoms with Crippen molar-refractivity contribution in [1.29, 1.82) is 0 Å². The minimum atomic E-state index is 0.390. The summed E-state index contributed by atoms with van der Waals surface area (Å²) in [6.45, 7) is 0.903. The normalized spacial score (nSPS) is 22.6. The summed E-state index contributed by atoms with van der Waals surface area (Å²) >= 11 is 0. The van der Waals surface area contributed by atoms with E-state index in [0.717, 1.165) is 25.1 Å². The Bertz CT molecular complexity index is 530. The third kappa shape index (κ3) is 2.96. The van der Waals surface area contributed by atoms with E-state index in [9.17, 15) is 0 Å². The average Bonchev–Trinajstić information content (AvgIpc) is 2.96. The first-order chi connectivity index (χ1) is 9.83. The van der Waals surface area contributed by atoms with Gasteiger partial charge in [-0.1, -0.05) is 23.3 Å². The zero-order valence-electron chi connectivity index (χ0n) is 11.4.